The lowest BCUT2D eigenvalue weighted by molar-refractivity contribution is 0.0935. The lowest BCUT2D eigenvalue weighted by Crippen LogP contribution is -2.28. The van der Waals surface area contributed by atoms with Crippen LogP contribution in [0.4, 0.5) is 5.82 Å². The number of pyridine rings is 1. The van der Waals surface area contributed by atoms with E-state index < -0.39 is 0 Å². The lowest BCUT2D eigenvalue weighted by Gasteiger charge is -2.14. The van der Waals surface area contributed by atoms with Crippen molar-refractivity contribution in [2.75, 3.05) is 5.43 Å². The van der Waals surface area contributed by atoms with Crippen LogP contribution in [0.3, 0.4) is 0 Å². The van der Waals surface area contributed by atoms with Gasteiger partial charge in [-0.05, 0) is 18.6 Å². The maximum atomic E-state index is 12.1. The molecule has 7 heteroatoms. The molecule has 2 aromatic rings. The quantitative estimate of drug-likeness (QED) is 0.571. The van der Waals surface area contributed by atoms with E-state index in [1.807, 2.05) is 12.3 Å². The fourth-order valence-electron chi connectivity index (χ4n) is 1.64. The second kappa shape index (κ2) is 6.26. The fourth-order valence-corrected chi connectivity index (χ4v) is 2.41. The molecule has 0 aliphatic rings. The molecule has 0 fully saturated rings. The van der Waals surface area contributed by atoms with Gasteiger partial charge in [-0.2, -0.15) is 0 Å². The van der Waals surface area contributed by atoms with E-state index in [4.69, 9.17) is 5.84 Å². The van der Waals surface area contributed by atoms with E-state index in [0.29, 0.717) is 11.4 Å². The van der Waals surface area contributed by atoms with Crippen LogP contribution < -0.4 is 16.6 Å². The normalized spacial score (nSPS) is 11.9. The Bertz CT molecular complexity index is 543. The monoisotopic (exact) mass is 277 g/mol. The SMILES string of the molecule is CCC(NC(=O)c1ccnc(NN)c1)c1nccs1. The van der Waals surface area contributed by atoms with Gasteiger partial charge in [-0.15, -0.1) is 11.3 Å². The molecule has 1 atom stereocenters. The number of nitrogens with two attached hydrogens (primary N) is 1. The first kappa shape index (κ1) is 13.4. The molecule has 19 heavy (non-hydrogen) atoms. The molecular formula is C12H15N5OS. The molecule has 0 aliphatic carbocycles. The van der Waals surface area contributed by atoms with Gasteiger partial charge in [0.2, 0.25) is 0 Å². The summed E-state index contributed by atoms with van der Waals surface area (Å²) < 4.78 is 0. The molecule has 2 rings (SSSR count). The van der Waals surface area contributed by atoms with Crippen LogP contribution in [0.2, 0.25) is 0 Å². The van der Waals surface area contributed by atoms with Crippen LogP contribution in [0.25, 0.3) is 0 Å². The number of carbonyl (C=O) groups excluding carboxylic acids is 1. The van der Waals surface area contributed by atoms with Crippen LogP contribution in [0.15, 0.2) is 29.9 Å². The molecule has 0 saturated heterocycles. The summed E-state index contributed by atoms with van der Waals surface area (Å²) >= 11 is 1.53. The van der Waals surface area contributed by atoms with E-state index in [9.17, 15) is 4.79 Å². The number of nitrogen functional groups attached to an aromatic ring is 1. The molecular weight excluding hydrogens is 262 g/mol. The van der Waals surface area contributed by atoms with Crippen LogP contribution in [-0.4, -0.2) is 15.9 Å². The number of hydrogen-bond acceptors (Lipinski definition) is 6. The van der Waals surface area contributed by atoms with Crippen LogP contribution >= 0.6 is 11.3 Å². The minimum absolute atomic E-state index is 0.0741. The Morgan fingerprint density at radius 3 is 2.95 bits per heavy atom. The molecule has 2 heterocycles. The van der Waals surface area contributed by atoms with Gasteiger partial charge >= 0.3 is 0 Å². The summed E-state index contributed by atoms with van der Waals surface area (Å²) in [5, 5.41) is 5.75. The van der Waals surface area contributed by atoms with E-state index in [1.165, 1.54) is 17.5 Å². The van der Waals surface area contributed by atoms with Crippen molar-refractivity contribution in [1.29, 1.82) is 0 Å². The lowest BCUT2D eigenvalue weighted by atomic mass is 10.2. The van der Waals surface area contributed by atoms with Gasteiger partial charge in [-0.1, -0.05) is 6.92 Å². The van der Waals surface area contributed by atoms with Gasteiger partial charge in [0.1, 0.15) is 10.8 Å². The summed E-state index contributed by atoms with van der Waals surface area (Å²) in [6.07, 6.45) is 4.05. The average molecular weight is 277 g/mol. The number of thiazole rings is 1. The van der Waals surface area contributed by atoms with E-state index in [0.717, 1.165) is 11.4 Å². The smallest absolute Gasteiger partial charge is 0.252 e. The summed E-state index contributed by atoms with van der Waals surface area (Å²) in [7, 11) is 0. The molecule has 1 unspecified atom stereocenters. The second-order valence-corrected chi connectivity index (χ2v) is 4.80. The number of anilines is 1. The van der Waals surface area contributed by atoms with Crippen LogP contribution in [-0.2, 0) is 0 Å². The van der Waals surface area contributed by atoms with Crippen molar-refractivity contribution < 1.29 is 4.79 Å². The van der Waals surface area contributed by atoms with Crippen LogP contribution in [0, 0.1) is 0 Å². The van der Waals surface area contributed by atoms with Crippen molar-refractivity contribution in [2.24, 2.45) is 5.84 Å². The van der Waals surface area contributed by atoms with Gasteiger partial charge in [0.15, 0.2) is 0 Å². The fraction of sp³-hybridized carbons (Fsp3) is 0.250. The predicted molar refractivity (Wildman–Crippen MR) is 74.7 cm³/mol. The Morgan fingerprint density at radius 2 is 2.32 bits per heavy atom. The van der Waals surface area contributed by atoms with E-state index in [2.05, 4.69) is 20.7 Å². The van der Waals surface area contributed by atoms with Gasteiger partial charge < -0.3 is 10.7 Å². The Kier molecular flexibility index (Phi) is 4.43. The van der Waals surface area contributed by atoms with Crippen molar-refractivity contribution in [3.63, 3.8) is 0 Å². The number of rotatable bonds is 5. The highest BCUT2D eigenvalue weighted by molar-refractivity contribution is 7.09. The van der Waals surface area contributed by atoms with Gasteiger partial charge in [-0.25, -0.2) is 15.8 Å². The van der Waals surface area contributed by atoms with Crippen molar-refractivity contribution in [3.05, 3.63) is 40.5 Å². The molecule has 0 radical (unpaired) electrons. The zero-order chi connectivity index (χ0) is 13.7. The third kappa shape index (κ3) is 3.27. The Balaban J connectivity index is 2.11. The molecule has 0 aromatic carbocycles. The zero-order valence-corrected chi connectivity index (χ0v) is 11.3. The zero-order valence-electron chi connectivity index (χ0n) is 10.5. The van der Waals surface area contributed by atoms with Gasteiger partial charge in [0, 0.05) is 23.3 Å². The highest BCUT2D eigenvalue weighted by atomic mass is 32.1. The average Bonchev–Trinajstić information content (AvgIpc) is 2.98. The van der Waals surface area contributed by atoms with E-state index >= 15 is 0 Å². The van der Waals surface area contributed by atoms with Crippen LogP contribution in [0.1, 0.15) is 34.8 Å². The number of aromatic nitrogens is 2. The largest absolute Gasteiger partial charge is 0.343 e. The highest BCUT2D eigenvalue weighted by Crippen LogP contribution is 2.19. The van der Waals surface area contributed by atoms with Crippen molar-refractivity contribution in [2.45, 2.75) is 19.4 Å². The summed E-state index contributed by atoms with van der Waals surface area (Å²) in [6, 6.07) is 3.17. The Labute approximate surface area is 115 Å². The van der Waals surface area contributed by atoms with Crippen molar-refractivity contribution >= 4 is 23.1 Å². The van der Waals surface area contributed by atoms with Gasteiger partial charge in [0.05, 0.1) is 6.04 Å². The number of carbonyl (C=O) groups is 1. The van der Waals surface area contributed by atoms with E-state index in [-0.39, 0.29) is 11.9 Å². The van der Waals surface area contributed by atoms with E-state index in [1.54, 1.807) is 18.3 Å². The number of hydrogen-bond donors (Lipinski definition) is 3. The van der Waals surface area contributed by atoms with Crippen LogP contribution in [0.5, 0.6) is 0 Å². The second-order valence-electron chi connectivity index (χ2n) is 3.88. The standard InChI is InChI=1S/C12H15N5OS/c1-2-9(12-15-5-6-19-12)16-11(18)8-3-4-14-10(7-8)17-13/h3-7,9H,2,13H2,1H3,(H,14,17)(H,16,18). The van der Waals surface area contributed by atoms with Crippen molar-refractivity contribution in [3.8, 4) is 0 Å². The Hall–Kier alpha value is -1.99. The topological polar surface area (TPSA) is 92.9 Å². The summed E-state index contributed by atoms with van der Waals surface area (Å²) in [5.74, 6) is 5.56. The minimum atomic E-state index is -0.166. The molecule has 0 aliphatic heterocycles. The van der Waals surface area contributed by atoms with Gasteiger partial charge in [-0.3, -0.25) is 4.79 Å². The van der Waals surface area contributed by atoms with Crippen molar-refractivity contribution in [1.82, 2.24) is 15.3 Å². The Morgan fingerprint density at radius 1 is 1.47 bits per heavy atom. The number of nitrogens with zero attached hydrogens (tertiary/aromatic N) is 2. The molecule has 0 saturated carbocycles. The highest BCUT2D eigenvalue weighted by Gasteiger charge is 2.16. The third-order valence-electron chi connectivity index (χ3n) is 2.63. The molecule has 6 nitrogen and oxygen atoms in total. The summed E-state index contributed by atoms with van der Waals surface area (Å²) in [4.78, 5) is 20.3. The maximum Gasteiger partial charge on any atom is 0.252 e. The number of nitrogens with one attached hydrogen (secondary N) is 2. The minimum Gasteiger partial charge on any atom is -0.343 e. The predicted octanol–water partition coefficient (Wildman–Crippen LogP) is 1.70. The first-order valence-corrected chi connectivity index (χ1v) is 6.75. The molecule has 100 valence electrons. The third-order valence-corrected chi connectivity index (χ3v) is 3.52. The van der Waals surface area contributed by atoms with Gasteiger partial charge in [0.25, 0.3) is 5.91 Å². The summed E-state index contributed by atoms with van der Waals surface area (Å²) in [6.45, 7) is 2.01. The molecule has 1 amide bonds. The molecule has 0 bridgehead atoms. The molecule has 0 spiro atoms. The first-order valence-electron chi connectivity index (χ1n) is 5.87. The molecule has 2 aromatic heterocycles. The first-order chi connectivity index (χ1) is 9.24. The summed E-state index contributed by atoms with van der Waals surface area (Å²) in [5.41, 5.74) is 2.93. The molecule has 4 N–H and O–H groups in total. The maximum absolute atomic E-state index is 12.1. The number of hydrazine groups is 1. The number of amides is 1.